The summed E-state index contributed by atoms with van der Waals surface area (Å²) in [5.74, 6) is 1.48. The molecule has 39 heavy (non-hydrogen) atoms. The molecule has 0 unspecified atom stereocenters. The number of hydrogen-bond donors (Lipinski definition) is 2. The molecule has 0 bridgehead atoms. The number of anilines is 1. The molecule has 2 N–H and O–H groups in total. The van der Waals surface area contributed by atoms with Gasteiger partial charge in [0.05, 0.1) is 23.5 Å². The van der Waals surface area contributed by atoms with Crippen LogP contribution in [0.4, 0.5) is 5.69 Å². The zero-order valence-corrected chi connectivity index (χ0v) is 25.3. The van der Waals surface area contributed by atoms with E-state index < -0.39 is 0 Å². The van der Waals surface area contributed by atoms with Crippen LogP contribution >= 0.6 is 11.3 Å². The average molecular weight is 547 g/mol. The third-order valence-corrected chi connectivity index (χ3v) is 9.94. The number of fused-ring (bicyclic) bond motifs is 1. The highest BCUT2D eigenvalue weighted by molar-refractivity contribution is 7.10. The van der Waals surface area contributed by atoms with Gasteiger partial charge >= 0.3 is 0 Å². The highest BCUT2D eigenvalue weighted by Crippen LogP contribution is 2.47. The Balaban J connectivity index is 1.08. The molecule has 1 aliphatic carbocycles. The lowest BCUT2D eigenvalue weighted by Crippen LogP contribution is -2.38. The number of hydrogen-bond acceptors (Lipinski definition) is 6. The van der Waals surface area contributed by atoms with E-state index in [0.29, 0.717) is 5.92 Å². The van der Waals surface area contributed by atoms with Gasteiger partial charge in [-0.2, -0.15) is 0 Å². The van der Waals surface area contributed by atoms with E-state index in [1.54, 1.807) is 7.11 Å². The highest BCUT2D eigenvalue weighted by Gasteiger charge is 2.37. The third kappa shape index (κ3) is 6.50. The number of benzene rings is 2. The van der Waals surface area contributed by atoms with Crippen LogP contribution in [-0.4, -0.2) is 56.3 Å². The molecule has 6 heteroatoms. The lowest BCUT2D eigenvalue weighted by atomic mass is 9.63. The Labute approximate surface area is 239 Å². The van der Waals surface area contributed by atoms with Gasteiger partial charge in [0, 0.05) is 43.0 Å². The predicted octanol–water partition coefficient (Wildman–Crippen LogP) is 7.05. The maximum atomic E-state index is 5.41. The summed E-state index contributed by atoms with van der Waals surface area (Å²) in [7, 11) is 1.71. The molecule has 2 aromatic carbocycles. The van der Waals surface area contributed by atoms with Crippen molar-refractivity contribution < 1.29 is 4.74 Å². The summed E-state index contributed by atoms with van der Waals surface area (Å²) in [5.41, 5.74) is 7.01. The van der Waals surface area contributed by atoms with E-state index in [9.17, 15) is 0 Å². The van der Waals surface area contributed by atoms with Crippen LogP contribution in [0.2, 0.25) is 0 Å². The molecule has 0 amide bonds. The molecule has 210 valence electrons. The largest absolute Gasteiger partial charge is 0.495 e. The second kappa shape index (κ2) is 12.0. The number of nitrogens with one attached hydrogen (secondary N) is 2. The van der Waals surface area contributed by atoms with Crippen molar-refractivity contribution in [1.82, 2.24) is 15.2 Å². The van der Waals surface area contributed by atoms with E-state index in [-0.39, 0.29) is 10.8 Å². The normalized spacial score (nSPS) is 19.0. The molecule has 0 saturated carbocycles. The molecule has 1 aliphatic heterocycles. The maximum Gasteiger partial charge on any atom is 0.141 e. The Morgan fingerprint density at radius 3 is 2.46 bits per heavy atom. The van der Waals surface area contributed by atoms with Crippen LogP contribution < -0.4 is 15.4 Å². The van der Waals surface area contributed by atoms with E-state index in [2.05, 4.69) is 72.9 Å². The number of para-hydroxylation sites is 2. The van der Waals surface area contributed by atoms with Crippen LogP contribution in [0.3, 0.4) is 0 Å². The van der Waals surface area contributed by atoms with E-state index >= 15 is 0 Å². The van der Waals surface area contributed by atoms with Gasteiger partial charge in [-0.3, -0.25) is 0 Å². The summed E-state index contributed by atoms with van der Waals surface area (Å²) < 4.78 is 5.41. The molecule has 1 fully saturated rings. The lowest BCUT2D eigenvalue weighted by molar-refractivity contribution is 0.213. The standard InChI is InChI=1S/C33H46N4OS/c1-32(2)14-15-33(3,4)27-22-25(10-11-26(27)32)29-23-39-31(36-29)24-12-19-37(20-13-24)21-18-34-16-17-35-28-8-6-7-9-30(28)38-5/h6-11,22-24,34-35H,12-21H2,1-5H3. The molecule has 3 aromatic rings. The first-order valence-corrected chi connectivity index (χ1v) is 15.6. The Morgan fingerprint density at radius 2 is 1.69 bits per heavy atom. The minimum atomic E-state index is 0.230. The number of likely N-dealkylation sites (tertiary alicyclic amines) is 1. The van der Waals surface area contributed by atoms with Crippen molar-refractivity contribution in [3.8, 4) is 17.0 Å². The van der Waals surface area contributed by atoms with Crippen LogP contribution in [0, 0.1) is 0 Å². The molecular formula is C33H46N4OS. The summed E-state index contributed by atoms with van der Waals surface area (Å²) in [4.78, 5) is 7.76. The Kier molecular flexibility index (Phi) is 8.65. The second-order valence-corrected chi connectivity index (χ2v) is 13.5. The molecule has 2 heterocycles. The third-order valence-electron chi connectivity index (χ3n) is 8.94. The van der Waals surface area contributed by atoms with Gasteiger partial charge in [0.2, 0.25) is 0 Å². The van der Waals surface area contributed by atoms with Crippen molar-refractivity contribution in [1.29, 1.82) is 0 Å². The minimum absolute atomic E-state index is 0.230. The van der Waals surface area contributed by atoms with Gasteiger partial charge in [-0.15, -0.1) is 11.3 Å². The van der Waals surface area contributed by atoms with Gasteiger partial charge in [0.15, 0.2) is 0 Å². The Morgan fingerprint density at radius 1 is 0.949 bits per heavy atom. The van der Waals surface area contributed by atoms with Crippen molar-refractivity contribution in [2.75, 3.05) is 51.7 Å². The fourth-order valence-corrected chi connectivity index (χ4v) is 7.20. The molecule has 5 rings (SSSR count). The zero-order valence-electron chi connectivity index (χ0n) is 24.5. The molecule has 1 aromatic heterocycles. The zero-order chi connectivity index (χ0) is 27.5. The van der Waals surface area contributed by atoms with Gasteiger partial charge in [0.25, 0.3) is 0 Å². The quantitative estimate of drug-likeness (QED) is 0.267. The second-order valence-electron chi connectivity index (χ2n) is 12.6. The van der Waals surface area contributed by atoms with Crippen LogP contribution in [0.15, 0.2) is 47.8 Å². The first kappa shape index (κ1) is 28.1. The topological polar surface area (TPSA) is 49.4 Å². The summed E-state index contributed by atoms with van der Waals surface area (Å²) in [5, 5.41) is 10.6. The Bertz CT molecular complexity index is 1240. The summed E-state index contributed by atoms with van der Waals surface area (Å²) in [6, 6.07) is 15.2. The van der Waals surface area contributed by atoms with Crippen LogP contribution in [-0.2, 0) is 10.8 Å². The first-order chi connectivity index (χ1) is 18.8. The number of rotatable bonds is 10. The van der Waals surface area contributed by atoms with Crippen molar-refractivity contribution in [3.63, 3.8) is 0 Å². The molecule has 0 spiro atoms. The maximum absolute atomic E-state index is 5.41. The van der Waals surface area contributed by atoms with Crippen molar-refractivity contribution in [2.45, 2.75) is 70.1 Å². The summed E-state index contributed by atoms with van der Waals surface area (Å²) >= 11 is 1.86. The van der Waals surface area contributed by atoms with E-state index in [1.807, 2.05) is 29.5 Å². The van der Waals surface area contributed by atoms with Crippen molar-refractivity contribution >= 4 is 17.0 Å². The number of piperidine rings is 1. The SMILES string of the molecule is COc1ccccc1NCCNCCN1CCC(c2nc(-c3ccc4c(c3)C(C)(C)CCC4(C)C)cs2)CC1. The molecule has 5 nitrogen and oxygen atoms in total. The van der Waals surface area contributed by atoms with Crippen LogP contribution in [0.1, 0.15) is 75.4 Å². The summed E-state index contributed by atoms with van der Waals surface area (Å²) in [6.45, 7) is 15.8. The number of aromatic nitrogens is 1. The van der Waals surface area contributed by atoms with E-state index in [0.717, 1.165) is 56.4 Å². The number of nitrogens with zero attached hydrogens (tertiary/aromatic N) is 2. The first-order valence-electron chi connectivity index (χ1n) is 14.7. The minimum Gasteiger partial charge on any atom is -0.495 e. The fraction of sp³-hybridized carbons (Fsp3) is 0.545. The number of thiazole rings is 1. The van der Waals surface area contributed by atoms with Crippen LogP contribution in [0.25, 0.3) is 11.3 Å². The van der Waals surface area contributed by atoms with Gasteiger partial charge < -0.3 is 20.3 Å². The van der Waals surface area contributed by atoms with Crippen molar-refractivity contribution in [2.24, 2.45) is 0 Å². The molecule has 2 aliphatic rings. The smallest absolute Gasteiger partial charge is 0.141 e. The Hall–Kier alpha value is -2.41. The summed E-state index contributed by atoms with van der Waals surface area (Å²) in [6.07, 6.45) is 4.90. The van der Waals surface area contributed by atoms with Crippen LogP contribution in [0.5, 0.6) is 5.75 Å². The number of methoxy groups -OCH3 is 1. The molecule has 1 saturated heterocycles. The molecule has 0 atom stereocenters. The average Bonchev–Trinajstić information content (AvgIpc) is 3.44. The van der Waals surface area contributed by atoms with Gasteiger partial charge in [-0.25, -0.2) is 4.98 Å². The molecule has 0 radical (unpaired) electrons. The van der Waals surface area contributed by atoms with Crippen molar-refractivity contribution in [3.05, 3.63) is 64.0 Å². The lowest BCUT2D eigenvalue weighted by Gasteiger charge is -2.42. The van der Waals surface area contributed by atoms with Gasteiger partial charge in [0.1, 0.15) is 5.75 Å². The monoisotopic (exact) mass is 546 g/mol. The van der Waals surface area contributed by atoms with Gasteiger partial charge in [-0.1, -0.05) is 52.0 Å². The molecular weight excluding hydrogens is 500 g/mol. The van der Waals surface area contributed by atoms with E-state index in [1.165, 1.54) is 47.4 Å². The highest BCUT2D eigenvalue weighted by atomic mass is 32.1. The van der Waals surface area contributed by atoms with Gasteiger partial charge in [-0.05, 0) is 78.9 Å². The predicted molar refractivity (Wildman–Crippen MR) is 166 cm³/mol. The fourth-order valence-electron chi connectivity index (χ4n) is 6.20. The number of ether oxygens (including phenoxy) is 1. The van der Waals surface area contributed by atoms with E-state index in [4.69, 9.17) is 9.72 Å².